The molecule has 0 aliphatic rings. The van der Waals surface area contributed by atoms with Crippen molar-refractivity contribution in [3.05, 3.63) is 70.5 Å². The molecular formula is C16H18ClFN2. The number of halogens is 2. The molecule has 4 heteroatoms. The predicted octanol–water partition coefficient (Wildman–Crippen LogP) is 3.44. The number of hydrogen-bond donors (Lipinski definition) is 1. The monoisotopic (exact) mass is 292 g/mol. The van der Waals surface area contributed by atoms with E-state index in [9.17, 15) is 4.39 Å². The minimum absolute atomic E-state index is 0.155. The summed E-state index contributed by atoms with van der Waals surface area (Å²) in [5.41, 5.74) is 7.77. The summed E-state index contributed by atoms with van der Waals surface area (Å²) in [5.74, 6) is -0.378. The standard InChI is InChI=1S/C16H18ClFN2/c17-15-7-6-14(10-16(15)18)12-20(9-8-19)11-13-4-2-1-3-5-13/h1-7,10H,8-9,11-12,19H2. The Kier molecular flexibility index (Phi) is 5.53. The summed E-state index contributed by atoms with van der Waals surface area (Å²) in [7, 11) is 0. The van der Waals surface area contributed by atoms with Crippen LogP contribution >= 0.6 is 11.6 Å². The largest absolute Gasteiger partial charge is 0.329 e. The van der Waals surface area contributed by atoms with Crippen molar-refractivity contribution < 1.29 is 4.39 Å². The second-order valence-electron chi connectivity index (χ2n) is 4.73. The van der Waals surface area contributed by atoms with Gasteiger partial charge in [-0.2, -0.15) is 0 Å². The molecule has 0 saturated heterocycles. The van der Waals surface area contributed by atoms with E-state index in [0.717, 1.165) is 18.7 Å². The number of hydrogen-bond acceptors (Lipinski definition) is 2. The van der Waals surface area contributed by atoms with E-state index < -0.39 is 0 Å². The smallest absolute Gasteiger partial charge is 0.142 e. The molecule has 2 rings (SSSR count). The quantitative estimate of drug-likeness (QED) is 0.884. The molecule has 0 heterocycles. The van der Waals surface area contributed by atoms with Gasteiger partial charge >= 0.3 is 0 Å². The molecule has 20 heavy (non-hydrogen) atoms. The molecule has 2 aromatic carbocycles. The zero-order valence-electron chi connectivity index (χ0n) is 11.2. The van der Waals surface area contributed by atoms with Crippen LogP contribution in [0.5, 0.6) is 0 Å². The molecular weight excluding hydrogens is 275 g/mol. The average Bonchev–Trinajstić information content (AvgIpc) is 2.44. The van der Waals surface area contributed by atoms with Crippen LogP contribution in [-0.2, 0) is 13.1 Å². The summed E-state index contributed by atoms with van der Waals surface area (Å²) >= 11 is 5.70. The molecule has 0 saturated carbocycles. The fourth-order valence-corrected chi connectivity index (χ4v) is 2.25. The Labute approximate surface area is 124 Å². The van der Waals surface area contributed by atoms with Gasteiger partial charge in [-0.15, -0.1) is 0 Å². The van der Waals surface area contributed by atoms with Gasteiger partial charge in [0.1, 0.15) is 5.82 Å². The van der Waals surface area contributed by atoms with Gasteiger partial charge in [-0.05, 0) is 23.3 Å². The van der Waals surface area contributed by atoms with Crippen LogP contribution in [-0.4, -0.2) is 18.0 Å². The van der Waals surface area contributed by atoms with Crippen LogP contribution in [0, 0.1) is 5.82 Å². The van der Waals surface area contributed by atoms with E-state index in [1.807, 2.05) is 24.3 Å². The molecule has 106 valence electrons. The van der Waals surface area contributed by atoms with Gasteiger partial charge in [0, 0.05) is 26.2 Å². The summed E-state index contributed by atoms with van der Waals surface area (Å²) in [6.45, 7) is 2.78. The van der Waals surface area contributed by atoms with Crippen molar-refractivity contribution in [3.8, 4) is 0 Å². The Bertz CT molecular complexity index is 545. The highest BCUT2D eigenvalue weighted by atomic mass is 35.5. The van der Waals surface area contributed by atoms with Crippen molar-refractivity contribution in [1.29, 1.82) is 0 Å². The van der Waals surface area contributed by atoms with Crippen LogP contribution in [0.4, 0.5) is 4.39 Å². The fraction of sp³-hybridized carbons (Fsp3) is 0.250. The van der Waals surface area contributed by atoms with Crippen molar-refractivity contribution >= 4 is 11.6 Å². The molecule has 0 aliphatic carbocycles. The van der Waals surface area contributed by atoms with Gasteiger partial charge in [-0.25, -0.2) is 4.39 Å². The van der Waals surface area contributed by atoms with Crippen LogP contribution in [0.2, 0.25) is 5.02 Å². The zero-order valence-corrected chi connectivity index (χ0v) is 12.0. The predicted molar refractivity (Wildman–Crippen MR) is 81.0 cm³/mol. The van der Waals surface area contributed by atoms with Crippen molar-refractivity contribution in [2.24, 2.45) is 5.73 Å². The summed E-state index contributed by atoms with van der Waals surface area (Å²) in [5, 5.41) is 0.155. The number of nitrogens with two attached hydrogens (primary N) is 1. The van der Waals surface area contributed by atoms with Crippen molar-refractivity contribution in [3.63, 3.8) is 0 Å². The third-order valence-electron chi connectivity index (χ3n) is 3.08. The van der Waals surface area contributed by atoms with Gasteiger partial charge in [-0.3, -0.25) is 4.90 Å². The lowest BCUT2D eigenvalue weighted by Crippen LogP contribution is -2.28. The maximum atomic E-state index is 13.5. The Balaban J connectivity index is 2.06. The van der Waals surface area contributed by atoms with Gasteiger partial charge in [0.15, 0.2) is 0 Å². The SMILES string of the molecule is NCCN(Cc1ccccc1)Cc1ccc(Cl)c(F)c1. The molecule has 2 nitrogen and oxygen atoms in total. The van der Waals surface area contributed by atoms with Crippen LogP contribution < -0.4 is 5.73 Å². The maximum Gasteiger partial charge on any atom is 0.142 e. The molecule has 0 amide bonds. The van der Waals surface area contributed by atoms with Crippen LogP contribution in [0.25, 0.3) is 0 Å². The lowest BCUT2D eigenvalue weighted by molar-refractivity contribution is 0.264. The van der Waals surface area contributed by atoms with E-state index in [-0.39, 0.29) is 10.8 Å². The lowest BCUT2D eigenvalue weighted by atomic mass is 10.1. The molecule has 0 atom stereocenters. The van der Waals surface area contributed by atoms with Gasteiger partial charge in [0.2, 0.25) is 0 Å². The number of benzene rings is 2. The summed E-state index contributed by atoms with van der Waals surface area (Å²) in [4.78, 5) is 2.19. The lowest BCUT2D eigenvalue weighted by Gasteiger charge is -2.22. The van der Waals surface area contributed by atoms with Crippen molar-refractivity contribution in [2.45, 2.75) is 13.1 Å². The van der Waals surface area contributed by atoms with E-state index in [1.54, 1.807) is 6.07 Å². The second-order valence-corrected chi connectivity index (χ2v) is 5.14. The van der Waals surface area contributed by atoms with E-state index >= 15 is 0 Å². The van der Waals surface area contributed by atoms with Gasteiger partial charge in [0.05, 0.1) is 5.02 Å². The van der Waals surface area contributed by atoms with E-state index in [1.165, 1.54) is 11.6 Å². The molecule has 0 radical (unpaired) electrons. The van der Waals surface area contributed by atoms with Crippen molar-refractivity contribution in [2.75, 3.05) is 13.1 Å². The Hall–Kier alpha value is -1.42. The van der Waals surface area contributed by atoms with Gasteiger partial charge in [0.25, 0.3) is 0 Å². The highest BCUT2D eigenvalue weighted by molar-refractivity contribution is 6.30. The minimum atomic E-state index is -0.378. The van der Waals surface area contributed by atoms with Gasteiger partial charge < -0.3 is 5.73 Å². The zero-order chi connectivity index (χ0) is 14.4. The van der Waals surface area contributed by atoms with E-state index in [0.29, 0.717) is 13.1 Å². The average molecular weight is 293 g/mol. The second kappa shape index (κ2) is 7.39. The molecule has 0 aromatic heterocycles. The Morgan fingerprint density at radius 3 is 2.35 bits per heavy atom. The third kappa shape index (κ3) is 4.30. The molecule has 0 bridgehead atoms. The maximum absolute atomic E-state index is 13.5. The topological polar surface area (TPSA) is 29.3 Å². The first-order valence-electron chi connectivity index (χ1n) is 6.59. The first kappa shape index (κ1) is 15.0. The van der Waals surface area contributed by atoms with Crippen LogP contribution in [0.3, 0.4) is 0 Å². The molecule has 0 unspecified atom stereocenters. The normalized spacial score (nSPS) is 11.0. The molecule has 0 aliphatic heterocycles. The summed E-state index contributed by atoms with van der Waals surface area (Å²) < 4.78 is 13.5. The number of nitrogens with zero attached hydrogens (tertiary/aromatic N) is 1. The minimum Gasteiger partial charge on any atom is -0.329 e. The van der Waals surface area contributed by atoms with Gasteiger partial charge in [-0.1, -0.05) is 48.0 Å². The summed E-state index contributed by atoms with van der Waals surface area (Å²) in [6, 6.07) is 15.1. The third-order valence-corrected chi connectivity index (χ3v) is 3.39. The molecule has 2 aromatic rings. The number of rotatable bonds is 6. The van der Waals surface area contributed by atoms with E-state index in [2.05, 4.69) is 17.0 Å². The molecule has 0 fully saturated rings. The highest BCUT2D eigenvalue weighted by Crippen LogP contribution is 2.17. The first-order chi connectivity index (χ1) is 9.69. The van der Waals surface area contributed by atoms with Crippen LogP contribution in [0.15, 0.2) is 48.5 Å². The Morgan fingerprint density at radius 1 is 1.00 bits per heavy atom. The molecule has 0 spiro atoms. The fourth-order valence-electron chi connectivity index (χ4n) is 2.13. The Morgan fingerprint density at radius 2 is 1.70 bits per heavy atom. The van der Waals surface area contributed by atoms with E-state index in [4.69, 9.17) is 17.3 Å². The summed E-state index contributed by atoms with van der Waals surface area (Å²) in [6.07, 6.45) is 0. The van der Waals surface area contributed by atoms with Crippen LogP contribution in [0.1, 0.15) is 11.1 Å². The van der Waals surface area contributed by atoms with Crippen molar-refractivity contribution in [1.82, 2.24) is 4.90 Å². The molecule has 2 N–H and O–H groups in total. The first-order valence-corrected chi connectivity index (χ1v) is 6.97. The highest BCUT2D eigenvalue weighted by Gasteiger charge is 2.08.